The van der Waals surface area contributed by atoms with Gasteiger partial charge in [-0.3, -0.25) is 4.79 Å². The van der Waals surface area contributed by atoms with Crippen molar-refractivity contribution in [3.63, 3.8) is 0 Å². The Morgan fingerprint density at radius 2 is 2.03 bits per heavy atom. The van der Waals surface area contributed by atoms with Gasteiger partial charge in [0, 0.05) is 11.8 Å². The molecule has 1 aromatic carbocycles. The molecule has 2 heterocycles. The van der Waals surface area contributed by atoms with Crippen LogP contribution in [0.1, 0.15) is 46.9 Å². The molecule has 1 unspecified atom stereocenters. The maximum Gasteiger partial charge on any atom is 0.492 e. The molecule has 0 fully saturated rings. The van der Waals surface area contributed by atoms with Gasteiger partial charge in [0.1, 0.15) is 12.6 Å². The molecule has 0 aliphatic carbocycles. The lowest BCUT2D eigenvalue weighted by Gasteiger charge is -2.22. The first-order valence-corrected chi connectivity index (χ1v) is 9.77. The van der Waals surface area contributed by atoms with E-state index in [1.54, 1.807) is 32.9 Å². The van der Waals surface area contributed by atoms with Crippen LogP contribution in [-0.4, -0.2) is 40.0 Å². The minimum atomic E-state index is -4.72. The van der Waals surface area contributed by atoms with E-state index in [-0.39, 0.29) is 23.8 Å². The second-order valence-corrected chi connectivity index (χ2v) is 7.65. The summed E-state index contributed by atoms with van der Waals surface area (Å²) >= 11 is 0. The van der Waals surface area contributed by atoms with E-state index in [2.05, 4.69) is 15.3 Å². The van der Waals surface area contributed by atoms with Gasteiger partial charge in [-0.15, -0.1) is 0 Å². The van der Waals surface area contributed by atoms with E-state index in [0.717, 1.165) is 11.8 Å². The summed E-state index contributed by atoms with van der Waals surface area (Å²) in [5.41, 5.74) is 1.96. The van der Waals surface area contributed by atoms with Crippen LogP contribution in [0.2, 0.25) is 0 Å². The quantitative estimate of drug-likeness (QED) is 0.506. The Hall–Kier alpha value is -2.99. The number of ether oxygens (including phenoxy) is 1. The SMILES string of the molecule is Cc1c(C(=O)NC(C(=O)OCc2ccnc(C(F)(F)F)n2)C(C)C)ccc2c1B(O)OC2. The zero-order valence-electron chi connectivity index (χ0n) is 17.6. The Kier molecular flexibility index (Phi) is 6.84. The van der Waals surface area contributed by atoms with Crippen molar-refractivity contribution in [1.82, 2.24) is 15.3 Å². The van der Waals surface area contributed by atoms with E-state index in [1.165, 1.54) is 6.07 Å². The van der Waals surface area contributed by atoms with Crippen LogP contribution in [0.25, 0.3) is 0 Å². The molecule has 1 amide bonds. The fourth-order valence-electron chi connectivity index (χ4n) is 3.32. The number of amides is 1. The second kappa shape index (κ2) is 9.25. The molecule has 2 N–H and O–H groups in total. The third-order valence-electron chi connectivity index (χ3n) is 5.03. The normalized spacial score (nSPS) is 14.3. The third kappa shape index (κ3) is 5.08. The highest BCUT2D eigenvalue weighted by Gasteiger charge is 2.35. The van der Waals surface area contributed by atoms with Crippen molar-refractivity contribution in [2.24, 2.45) is 5.92 Å². The fraction of sp³-hybridized carbons (Fsp3) is 0.400. The zero-order valence-corrected chi connectivity index (χ0v) is 17.6. The highest BCUT2D eigenvalue weighted by Crippen LogP contribution is 2.25. The largest absolute Gasteiger partial charge is 0.492 e. The number of hydrogen-bond acceptors (Lipinski definition) is 7. The van der Waals surface area contributed by atoms with E-state index >= 15 is 0 Å². The Morgan fingerprint density at radius 3 is 2.69 bits per heavy atom. The molecule has 0 radical (unpaired) electrons. The van der Waals surface area contributed by atoms with Crippen molar-refractivity contribution >= 4 is 24.5 Å². The molecule has 32 heavy (non-hydrogen) atoms. The van der Waals surface area contributed by atoms with E-state index in [4.69, 9.17) is 9.39 Å². The molecule has 0 spiro atoms. The van der Waals surface area contributed by atoms with Gasteiger partial charge in [0.05, 0.1) is 12.3 Å². The van der Waals surface area contributed by atoms with Gasteiger partial charge in [0.25, 0.3) is 5.91 Å². The molecule has 1 aliphatic heterocycles. The summed E-state index contributed by atoms with van der Waals surface area (Å²) in [4.78, 5) is 31.9. The summed E-state index contributed by atoms with van der Waals surface area (Å²) in [6.07, 6.45) is -3.80. The topological polar surface area (TPSA) is 111 Å². The van der Waals surface area contributed by atoms with Crippen molar-refractivity contribution in [2.75, 3.05) is 0 Å². The molecular weight excluding hydrogens is 430 g/mol. The molecule has 3 rings (SSSR count). The van der Waals surface area contributed by atoms with Gasteiger partial charge >= 0.3 is 19.3 Å². The number of alkyl halides is 3. The lowest BCUT2D eigenvalue weighted by Crippen LogP contribution is -2.46. The van der Waals surface area contributed by atoms with Gasteiger partial charge in [-0.25, -0.2) is 14.8 Å². The van der Waals surface area contributed by atoms with Gasteiger partial charge in [0.2, 0.25) is 5.82 Å². The average Bonchev–Trinajstić information content (AvgIpc) is 3.11. The van der Waals surface area contributed by atoms with E-state index in [0.29, 0.717) is 11.0 Å². The van der Waals surface area contributed by atoms with Crippen LogP contribution in [-0.2, 0) is 33.6 Å². The fourth-order valence-corrected chi connectivity index (χ4v) is 3.32. The first-order chi connectivity index (χ1) is 15.0. The van der Waals surface area contributed by atoms with Gasteiger partial charge in [0.15, 0.2) is 0 Å². The minimum Gasteiger partial charge on any atom is -0.458 e. The van der Waals surface area contributed by atoms with E-state index in [9.17, 15) is 27.8 Å². The lowest BCUT2D eigenvalue weighted by molar-refractivity contribution is -0.148. The highest BCUT2D eigenvalue weighted by atomic mass is 19.4. The summed E-state index contributed by atoms with van der Waals surface area (Å²) in [5, 5.41) is 12.6. The van der Waals surface area contributed by atoms with Crippen LogP contribution >= 0.6 is 0 Å². The maximum atomic E-state index is 12.8. The number of benzene rings is 1. The van der Waals surface area contributed by atoms with Crippen molar-refractivity contribution < 1.29 is 37.2 Å². The highest BCUT2D eigenvalue weighted by molar-refractivity contribution is 6.62. The number of esters is 1. The molecule has 1 aromatic heterocycles. The number of rotatable bonds is 6. The Balaban J connectivity index is 1.70. The summed E-state index contributed by atoms with van der Waals surface area (Å²) in [5.74, 6) is -3.08. The Morgan fingerprint density at radius 1 is 1.31 bits per heavy atom. The maximum absolute atomic E-state index is 12.8. The number of nitrogens with zero attached hydrogens (tertiary/aromatic N) is 2. The van der Waals surface area contributed by atoms with Crippen LogP contribution in [0.4, 0.5) is 13.2 Å². The van der Waals surface area contributed by atoms with Crippen LogP contribution in [0.3, 0.4) is 0 Å². The molecule has 0 bridgehead atoms. The number of aromatic nitrogens is 2. The Labute approximate surface area is 182 Å². The number of halogens is 3. The molecule has 12 heteroatoms. The van der Waals surface area contributed by atoms with Crippen LogP contribution in [0.15, 0.2) is 24.4 Å². The van der Waals surface area contributed by atoms with Gasteiger partial charge in [-0.2, -0.15) is 13.2 Å². The third-order valence-corrected chi connectivity index (χ3v) is 5.03. The summed E-state index contributed by atoms with van der Waals surface area (Å²) in [7, 11) is -1.13. The Bertz CT molecular complexity index is 1030. The smallest absolute Gasteiger partial charge is 0.458 e. The van der Waals surface area contributed by atoms with Crippen molar-refractivity contribution in [1.29, 1.82) is 0 Å². The molecular formula is C20H21BF3N3O5. The molecule has 8 nitrogen and oxygen atoms in total. The molecule has 0 saturated heterocycles. The molecule has 1 aliphatic rings. The van der Waals surface area contributed by atoms with Gasteiger partial charge in [-0.1, -0.05) is 19.9 Å². The lowest BCUT2D eigenvalue weighted by atomic mass is 9.75. The van der Waals surface area contributed by atoms with Gasteiger partial charge < -0.3 is 19.7 Å². The molecule has 2 aromatic rings. The van der Waals surface area contributed by atoms with Crippen LogP contribution in [0, 0.1) is 12.8 Å². The first-order valence-electron chi connectivity index (χ1n) is 9.77. The number of nitrogens with one attached hydrogen (secondary N) is 1. The van der Waals surface area contributed by atoms with E-state index < -0.39 is 43.6 Å². The minimum absolute atomic E-state index is 0.127. The van der Waals surface area contributed by atoms with Crippen molar-refractivity contribution in [3.8, 4) is 0 Å². The molecule has 170 valence electrons. The molecule has 0 saturated carbocycles. The summed E-state index contributed by atoms with van der Waals surface area (Å²) in [6.45, 7) is 4.77. The zero-order chi connectivity index (χ0) is 23.6. The number of hydrogen-bond donors (Lipinski definition) is 2. The number of carbonyl (C=O) groups is 2. The summed E-state index contributed by atoms with van der Waals surface area (Å²) < 4.78 is 48.5. The number of carbonyl (C=O) groups excluding carboxylic acids is 2. The van der Waals surface area contributed by atoms with Crippen LogP contribution in [0.5, 0.6) is 0 Å². The average molecular weight is 451 g/mol. The standard InChI is InChI=1S/C20H21BF3N3O5/c1-10(2)16(18(29)31-9-13-6-7-25-19(26-13)20(22,23)24)27-17(28)14-5-4-12-8-32-21(30)15(12)11(14)3/h4-7,10,16,30H,8-9H2,1-3H3,(H,27,28). The first kappa shape index (κ1) is 23.7. The summed E-state index contributed by atoms with van der Waals surface area (Å²) in [6, 6.07) is 3.39. The monoisotopic (exact) mass is 451 g/mol. The van der Waals surface area contributed by atoms with E-state index in [1.807, 2.05) is 0 Å². The predicted molar refractivity (Wildman–Crippen MR) is 106 cm³/mol. The second-order valence-electron chi connectivity index (χ2n) is 7.65. The van der Waals surface area contributed by atoms with Crippen LogP contribution < -0.4 is 10.8 Å². The van der Waals surface area contributed by atoms with Gasteiger partial charge in [-0.05, 0) is 41.6 Å². The predicted octanol–water partition coefficient (Wildman–Crippen LogP) is 1.52. The van der Waals surface area contributed by atoms with Crippen molar-refractivity contribution in [2.45, 2.75) is 46.2 Å². The number of fused-ring (bicyclic) bond motifs is 1. The molecule has 1 atom stereocenters. The van der Waals surface area contributed by atoms with Crippen molar-refractivity contribution in [3.05, 3.63) is 52.6 Å².